The highest BCUT2D eigenvalue weighted by molar-refractivity contribution is 5.97. The van der Waals surface area contributed by atoms with Crippen LogP contribution in [0.2, 0.25) is 0 Å². The molecular weight excluding hydrogens is 190 g/mol. The second-order valence-electron chi connectivity index (χ2n) is 3.36. The standard InChI is InChI=1S/C11H13N3O/c1-12-14(2)11(15)10-7-8-5-3-4-6-9(8)13-10/h3-7,12-13H,1-2H3. The number of para-hydroxylation sites is 1. The topological polar surface area (TPSA) is 48.1 Å². The van der Waals surface area contributed by atoms with E-state index in [1.165, 1.54) is 5.01 Å². The number of nitrogens with zero attached hydrogens (tertiary/aromatic N) is 1. The van der Waals surface area contributed by atoms with Gasteiger partial charge in [0.05, 0.1) is 0 Å². The molecule has 0 spiro atoms. The predicted molar refractivity (Wildman–Crippen MR) is 59.5 cm³/mol. The molecule has 78 valence electrons. The Bertz CT molecular complexity index is 456. The minimum absolute atomic E-state index is 0.0753. The number of hydrazine groups is 1. The Labute approximate surface area is 87.9 Å². The summed E-state index contributed by atoms with van der Waals surface area (Å²) in [6.45, 7) is 0. The molecule has 0 saturated heterocycles. The van der Waals surface area contributed by atoms with Crippen LogP contribution >= 0.6 is 0 Å². The number of fused-ring (bicyclic) bond motifs is 1. The lowest BCUT2D eigenvalue weighted by atomic mass is 10.2. The minimum Gasteiger partial charge on any atom is -0.350 e. The Hall–Kier alpha value is -1.81. The molecule has 0 bridgehead atoms. The highest BCUT2D eigenvalue weighted by Crippen LogP contribution is 2.15. The van der Waals surface area contributed by atoms with Crippen LogP contribution in [0.1, 0.15) is 10.5 Å². The van der Waals surface area contributed by atoms with Crippen LogP contribution < -0.4 is 5.43 Å². The van der Waals surface area contributed by atoms with Crippen molar-refractivity contribution in [2.24, 2.45) is 0 Å². The van der Waals surface area contributed by atoms with E-state index in [-0.39, 0.29) is 5.91 Å². The van der Waals surface area contributed by atoms with Crippen LogP contribution in [-0.4, -0.2) is 30.0 Å². The van der Waals surface area contributed by atoms with E-state index in [2.05, 4.69) is 10.4 Å². The Morgan fingerprint density at radius 1 is 1.40 bits per heavy atom. The summed E-state index contributed by atoms with van der Waals surface area (Å²) in [5.74, 6) is -0.0753. The summed E-state index contributed by atoms with van der Waals surface area (Å²) in [7, 11) is 3.40. The molecule has 4 nitrogen and oxygen atoms in total. The Balaban J connectivity index is 2.41. The smallest absolute Gasteiger partial charge is 0.284 e. The molecule has 0 radical (unpaired) electrons. The number of rotatable bonds is 2. The van der Waals surface area contributed by atoms with Crippen LogP contribution in [0.15, 0.2) is 30.3 Å². The first-order valence-corrected chi connectivity index (χ1v) is 4.75. The van der Waals surface area contributed by atoms with Crippen LogP contribution in [-0.2, 0) is 0 Å². The van der Waals surface area contributed by atoms with Gasteiger partial charge in [0.25, 0.3) is 5.91 Å². The maximum atomic E-state index is 11.8. The van der Waals surface area contributed by atoms with E-state index < -0.39 is 0 Å². The van der Waals surface area contributed by atoms with E-state index in [1.54, 1.807) is 14.1 Å². The molecule has 0 saturated carbocycles. The number of aromatic nitrogens is 1. The van der Waals surface area contributed by atoms with Gasteiger partial charge in [-0.2, -0.15) is 0 Å². The van der Waals surface area contributed by atoms with Crippen LogP contribution in [0.4, 0.5) is 0 Å². The third-order valence-electron chi connectivity index (χ3n) is 2.40. The lowest BCUT2D eigenvalue weighted by molar-refractivity contribution is 0.0730. The largest absolute Gasteiger partial charge is 0.350 e. The van der Waals surface area contributed by atoms with Gasteiger partial charge < -0.3 is 4.98 Å². The molecule has 2 aromatic rings. The normalized spacial score (nSPS) is 10.5. The maximum Gasteiger partial charge on any atom is 0.284 e. The van der Waals surface area contributed by atoms with Gasteiger partial charge in [-0.05, 0) is 12.1 Å². The van der Waals surface area contributed by atoms with Gasteiger partial charge >= 0.3 is 0 Å². The van der Waals surface area contributed by atoms with Crippen LogP contribution in [0.25, 0.3) is 10.9 Å². The summed E-state index contributed by atoms with van der Waals surface area (Å²) in [4.78, 5) is 14.9. The quantitative estimate of drug-likeness (QED) is 0.724. The summed E-state index contributed by atoms with van der Waals surface area (Å²) in [5, 5.41) is 2.48. The molecule has 2 N–H and O–H groups in total. The van der Waals surface area contributed by atoms with E-state index in [0.29, 0.717) is 5.69 Å². The number of benzene rings is 1. The monoisotopic (exact) mass is 203 g/mol. The van der Waals surface area contributed by atoms with E-state index in [9.17, 15) is 4.79 Å². The number of carbonyl (C=O) groups excluding carboxylic acids is 1. The third-order valence-corrected chi connectivity index (χ3v) is 2.40. The molecule has 0 fully saturated rings. The lowest BCUT2D eigenvalue weighted by Crippen LogP contribution is -2.36. The van der Waals surface area contributed by atoms with Crippen molar-refractivity contribution in [3.8, 4) is 0 Å². The number of nitrogens with one attached hydrogen (secondary N) is 2. The van der Waals surface area contributed by atoms with Crippen LogP contribution in [0.5, 0.6) is 0 Å². The van der Waals surface area contributed by atoms with E-state index in [0.717, 1.165) is 10.9 Å². The summed E-state index contributed by atoms with van der Waals surface area (Å²) >= 11 is 0. The Morgan fingerprint density at radius 2 is 2.13 bits per heavy atom. The van der Waals surface area contributed by atoms with Crippen molar-refractivity contribution in [3.63, 3.8) is 0 Å². The van der Waals surface area contributed by atoms with Crippen molar-refractivity contribution in [1.29, 1.82) is 0 Å². The molecule has 0 aliphatic heterocycles. The number of aromatic amines is 1. The SMILES string of the molecule is CNN(C)C(=O)c1cc2ccccc2[nH]1. The zero-order chi connectivity index (χ0) is 10.8. The fourth-order valence-corrected chi connectivity index (χ4v) is 1.47. The molecule has 0 aliphatic carbocycles. The molecule has 1 aromatic heterocycles. The molecule has 1 heterocycles. The third kappa shape index (κ3) is 1.71. The van der Waals surface area contributed by atoms with Crippen LogP contribution in [0, 0.1) is 0 Å². The molecule has 2 rings (SSSR count). The first-order valence-electron chi connectivity index (χ1n) is 4.75. The molecule has 1 aromatic carbocycles. The lowest BCUT2D eigenvalue weighted by Gasteiger charge is -2.13. The molecule has 0 aliphatic rings. The molecule has 0 unspecified atom stereocenters. The maximum absolute atomic E-state index is 11.8. The van der Waals surface area contributed by atoms with Crippen molar-refractivity contribution in [2.75, 3.05) is 14.1 Å². The van der Waals surface area contributed by atoms with Crippen molar-refractivity contribution in [2.45, 2.75) is 0 Å². The molecule has 1 amide bonds. The summed E-state index contributed by atoms with van der Waals surface area (Å²) in [6.07, 6.45) is 0. The van der Waals surface area contributed by atoms with Gasteiger partial charge in [0.1, 0.15) is 5.69 Å². The van der Waals surface area contributed by atoms with Crippen LogP contribution in [0.3, 0.4) is 0 Å². The van der Waals surface area contributed by atoms with Crippen molar-refractivity contribution in [1.82, 2.24) is 15.4 Å². The average Bonchev–Trinajstić information content (AvgIpc) is 2.70. The fraction of sp³-hybridized carbons (Fsp3) is 0.182. The molecule has 0 atom stereocenters. The van der Waals surface area contributed by atoms with Gasteiger partial charge in [-0.3, -0.25) is 9.80 Å². The predicted octanol–water partition coefficient (Wildman–Crippen LogP) is 1.37. The van der Waals surface area contributed by atoms with Crippen molar-refractivity contribution in [3.05, 3.63) is 36.0 Å². The number of hydrogen-bond acceptors (Lipinski definition) is 2. The summed E-state index contributed by atoms with van der Waals surface area (Å²) < 4.78 is 0. The first-order chi connectivity index (χ1) is 7.22. The fourth-order valence-electron chi connectivity index (χ4n) is 1.47. The van der Waals surface area contributed by atoms with E-state index >= 15 is 0 Å². The Morgan fingerprint density at radius 3 is 2.80 bits per heavy atom. The van der Waals surface area contributed by atoms with Crippen molar-refractivity contribution >= 4 is 16.8 Å². The molecule has 15 heavy (non-hydrogen) atoms. The zero-order valence-corrected chi connectivity index (χ0v) is 8.74. The zero-order valence-electron chi connectivity index (χ0n) is 8.74. The van der Waals surface area contributed by atoms with Gasteiger partial charge in [-0.15, -0.1) is 0 Å². The van der Waals surface area contributed by atoms with Crippen molar-refractivity contribution < 1.29 is 4.79 Å². The molecular formula is C11H13N3O. The van der Waals surface area contributed by atoms with E-state index in [1.807, 2.05) is 30.3 Å². The van der Waals surface area contributed by atoms with Gasteiger partial charge in [0.2, 0.25) is 0 Å². The first kappa shape index (κ1) is 9.73. The average molecular weight is 203 g/mol. The van der Waals surface area contributed by atoms with E-state index in [4.69, 9.17) is 0 Å². The number of amides is 1. The van der Waals surface area contributed by atoms with Gasteiger partial charge in [0, 0.05) is 25.0 Å². The summed E-state index contributed by atoms with van der Waals surface area (Å²) in [5.41, 5.74) is 4.34. The second-order valence-corrected chi connectivity index (χ2v) is 3.36. The number of H-pyrrole nitrogens is 1. The molecule has 4 heteroatoms. The van der Waals surface area contributed by atoms with Gasteiger partial charge in [0.15, 0.2) is 0 Å². The number of hydrogen-bond donors (Lipinski definition) is 2. The second kappa shape index (κ2) is 3.74. The minimum atomic E-state index is -0.0753. The summed E-state index contributed by atoms with van der Waals surface area (Å²) in [6, 6.07) is 9.67. The highest BCUT2D eigenvalue weighted by atomic mass is 16.2. The van der Waals surface area contributed by atoms with Gasteiger partial charge in [-0.25, -0.2) is 5.43 Å². The number of carbonyl (C=O) groups is 1. The Kier molecular flexibility index (Phi) is 2.43. The van der Waals surface area contributed by atoms with Gasteiger partial charge in [-0.1, -0.05) is 18.2 Å². The highest BCUT2D eigenvalue weighted by Gasteiger charge is 2.12.